The lowest BCUT2D eigenvalue weighted by atomic mass is 10.2. The summed E-state index contributed by atoms with van der Waals surface area (Å²) in [6, 6.07) is 10.5. The number of hydrogen-bond acceptors (Lipinski definition) is 4. The molecule has 1 aromatic carbocycles. The zero-order chi connectivity index (χ0) is 17.1. The fourth-order valence-corrected chi connectivity index (χ4v) is 2.57. The first kappa shape index (κ1) is 16.1. The average Bonchev–Trinajstić information content (AvgIpc) is 3.03. The van der Waals surface area contributed by atoms with E-state index in [1.807, 2.05) is 12.1 Å². The molecule has 0 aliphatic heterocycles. The van der Waals surface area contributed by atoms with Crippen molar-refractivity contribution in [2.24, 2.45) is 0 Å². The van der Waals surface area contributed by atoms with Gasteiger partial charge in [-0.25, -0.2) is 4.98 Å². The van der Waals surface area contributed by atoms with Crippen LogP contribution in [0.3, 0.4) is 0 Å². The number of halogens is 1. The molecule has 1 N–H and O–H groups in total. The number of amides is 1. The largest absolute Gasteiger partial charge is 0.493 e. The highest BCUT2D eigenvalue weighted by molar-refractivity contribution is 6.29. The Bertz CT molecular complexity index is 892. The molecule has 3 aromatic rings. The number of benzene rings is 1. The molecule has 0 aliphatic rings. The van der Waals surface area contributed by atoms with E-state index in [2.05, 4.69) is 10.3 Å². The smallest absolute Gasteiger partial charge is 0.251 e. The zero-order valence-electron chi connectivity index (χ0n) is 13.2. The molecule has 0 atom stereocenters. The number of aromatic nitrogens is 2. The fraction of sp³-hybridized carbons (Fsp3) is 0.176. The lowest BCUT2D eigenvalue weighted by molar-refractivity contribution is 0.0950. The Morgan fingerprint density at radius 2 is 2.00 bits per heavy atom. The molecule has 0 bridgehead atoms. The Labute approximate surface area is 144 Å². The second-order valence-corrected chi connectivity index (χ2v) is 5.45. The van der Waals surface area contributed by atoms with Crippen molar-refractivity contribution in [3.63, 3.8) is 0 Å². The number of pyridine rings is 1. The maximum atomic E-state index is 12.3. The van der Waals surface area contributed by atoms with E-state index in [-0.39, 0.29) is 5.91 Å². The molecule has 0 radical (unpaired) electrons. The summed E-state index contributed by atoms with van der Waals surface area (Å²) in [4.78, 5) is 16.7. The van der Waals surface area contributed by atoms with Crippen LogP contribution in [0, 0.1) is 0 Å². The van der Waals surface area contributed by atoms with E-state index < -0.39 is 0 Å². The topological polar surface area (TPSA) is 64.9 Å². The van der Waals surface area contributed by atoms with Gasteiger partial charge in [0.25, 0.3) is 5.91 Å². The first-order valence-electron chi connectivity index (χ1n) is 7.25. The standard InChI is InChI=1S/C17H16ClN3O3/c1-23-13-7-6-11(8-14(13)24-2)17(22)19-9-12-10-21-15(18)4-3-5-16(21)20-12/h3-8,10H,9H2,1-2H3,(H,19,22). The number of carbonyl (C=O) groups is 1. The molecule has 124 valence electrons. The van der Waals surface area contributed by atoms with Crippen molar-refractivity contribution in [2.45, 2.75) is 6.54 Å². The summed E-state index contributed by atoms with van der Waals surface area (Å²) in [7, 11) is 3.08. The first-order chi connectivity index (χ1) is 11.6. The molecule has 0 unspecified atom stereocenters. The third-order valence-corrected chi connectivity index (χ3v) is 3.88. The van der Waals surface area contributed by atoms with Crippen LogP contribution < -0.4 is 14.8 Å². The van der Waals surface area contributed by atoms with Crippen LogP contribution in [0.25, 0.3) is 5.65 Å². The van der Waals surface area contributed by atoms with E-state index >= 15 is 0 Å². The number of carbonyl (C=O) groups excluding carboxylic acids is 1. The highest BCUT2D eigenvalue weighted by atomic mass is 35.5. The molecular weight excluding hydrogens is 330 g/mol. The molecule has 24 heavy (non-hydrogen) atoms. The Morgan fingerprint density at radius 3 is 2.71 bits per heavy atom. The zero-order valence-corrected chi connectivity index (χ0v) is 14.0. The molecule has 0 saturated carbocycles. The van der Waals surface area contributed by atoms with Gasteiger partial charge in [-0.05, 0) is 30.3 Å². The van der Waals surface area contributed by atoms with Crippen LogP contribution in [0.2, 0.25) is 5.15 Å². The minimum atomic E-state index is -0.223. The summed E-state index contributed by atoms with van der Waals surface area (Å²) in [5.41, 5.74) is 1.93. The molecule has 2 heterocycles. The molecule has 3 rings (SSSR count). The molecular formula is C17H16ClN3O3. The lowest BCUT2D eigenvalue weighted by Crippen LogP contribution is -2.23. The van der Waals surface area contributed by atoms with Gasteiger partial charge in [0.15, 0.2) is 11.5 Å². The molecule has 0 aliphatic carbocycles. The second kappa shape index (κ2) is 6.80. The van der Waals surface area contributed by atoms with Crippen molar-refractivity contribution in [2.75, 3.05) is 14.2 Å². The molecule has 7 heteroatoms. The second-order valence-electron chi connectivity index (χ2n) is 5.06. The van der Waals surface area contributed by atoms with Crippen molar-refractivity contribution >= 4 is 23.2 Å². The highest BCUT2D eigenvalue weighted by Gasteiger charge is 2.11. The van der Waals surface area contributed by atoms with Crippen LogP contribution in [0.4, 0.5) is 0 Å². The summed E-state index contributed by atoms with van der Waals surface area (Å²) in [5.74, 6) is 0.854. The van der Waals surface area contributed by atoms with Crippen molar-refractivity contribution in [1.82, 2.24) is 14.7 Å². The van der Waals surface area contributed by atoms with E-state index in [4.69, 9.17) is 21.1 Å². The highest BCUT2D eigenvalue weighted by Crippen LogP contribution is 2.27. The summed E-state index contributed by atoms with van der Waals surface area (Å²) in [5, 5.41) is 3.40. The minimum absolute atomic E-state index is 0.223. The molecule has 0 spiro atoms. The predicted molar refractivity (Wildman–Crippen MR) is 90.9 cm³/mol. The van der Waals surface area contributed by atoms with Crippen molar-refractivity contribution < 1.29 is 14.3 Å². The number of nitrogens with one attached hydrogen (secondary N) is 1. The summed E-state index contributed by atoms with van der Waals surface area (Å²) < 4.78 is 12.1. The minimum Gasteiger partial charge on any atom is -0.493 e. The molecule has 2 aromatic heterocycles. The van der Waals surface area contributed by atoms with Gasteiger partial charge in [0.2, 0.25) is 0 Å². The number of rotatable bonds is 5. The number of imidazole rings is 1. The quantitative estimate of drug-likeness (QED) is 0.722. The lowest BCUT2D eigenvalue weighted by Gasteiger charge is -2.09. The third-order valence-electron chi connectivity index (χ3n) is 3.57. The number of fused-ring (bicyclic) bond motifs is 1. The van der Waals surface area contributed by atoms with Gasteiger partial charge in [0.05, 0.1) is 26.5 Å². The number of nitrogens with zero attached hydrogens (tertiary/aromatic N) is 2. The Balaban J connectivity index is 1.73. The Hall–Kier alpha value is -2.73. The van der Waals surface area contributed by atoms with Crippen molar-refractivity contribution in [3.05, 3.63) is 59.0 Å². The normalized spacial score (nSPS) is 10.6. The molecule has 0 fully saturated rings. The van der Waals surface area contributed by atoms with Crippen LogP contribution >= 0.6 is 11.6 Å². The van der Waals surface area contributed by atoms with Crippen molar-refractivity contribution in [3.8, 4) is 11.5 Å². The van der Waals surface area contributed by atoms with Crippen molar-refractivity contribution in [1.29, 1.82) is 0 Å². The third kappa shape index (κ3) is 3.14. The van der Waals surface area contributed by atoms with Crippen LogP contribution in [0.1, 0.15) is 16.1 Å². The van der Waals surface area contributed by atoms with Crippen LogP contribution in [-0.2, 0) is 6.54 Å². The molecule has 0 saturated heterocycles. The van der Waals surface area contributed by atoms with E-state index in [0.717, 1.165) is 11.3 Å². The number of ether oxygens (including phenoxy) is 2. The van der Waals surface area contributed by atoms with Crippen LogP contribution in [0.5, 0.6) is 11.5 Å². The summed E-state index contributed by atoms with van der Waals surface area (Å²) in [6.07, 6.45) is 1.80. The first-order valence-corrected chi connectivity index (χ1v) is 7.63. The maximum Gasteiger partial charge on any atom is 0.251 e. The fourth-order valence-electron chi connectivity index (χ4n) is 2.36. The summed E-state index contributed by atoms with van der Waals surface area (Å²) in [6.45, 7) is 0.297. The van der Waals surface area contributed by atoms with Gasteiger partial charge in [-0.1, -0.05) is 17.7 Å². The van der Waals surface area contributed by atoms with Gasteiger partial charge < -0.3 is 14.8 Å². The van der Waals surface area contributed by atoms with E-state index in [1.54, 1.807) is 42.0 Å². The van der Waals surface area contributed by atoms with Gasteiger partial charge in [-0.2, -0.15) is 0 Å². The Kier molecular flexibility index (Phi) is 4.57. The van der Waals surface area contributed by atoms with Gasteiger partial charge in [-0.3, -0.25) is 9.20 Å². The van der Waals surface area contributed by atoms with E-state index in [1.165, 1.54) is 7.11 Å². The van der Waals surface area contributed by atoms with Gasteiger partial charge in [0, 0.05) is 11.8 Å². The van der Waals surface area contributed by atoms with Crippen LogP contribution in [-0.4, -0.2) is 29.5 Å². The number of hydrogen-bond donors (Lipinski definition) is 1. The van der Waals surface area contributed by atoms with E-state index in [9.17, 15) is 4.79 Å². The maximum absolute atomic E-state index is 12.3. The monoisotopic (exact) mass is 345 g/mol. The summed E-state index contributed by atoms with van der Waals surface area (Å²) >= 11 is 6.10. The van der Waals surface area contributed by atoms with Gasteiger partial charge in [0.1, 0.15) is 10.8 Å². The SMILES string of the molecule is COc1ccc(C(=O)NCc2cn3c(Cl)cccc3n2)cc1OC. The van der Waals surface area contributed by atoms with Crippen LogP contribution in [0.15, 0.2) is 42.6 Å². The van der Waals surface area contributed by atoms with E-state index in [0.29, 0.717) is 28.8 Å². The predicted octanol–water partition coefficient (Wildman–Crippen LogP) is 2.93. The van der Waals surface area contributed by atoms with Gasteiger partial charge >= 0.3 is 0 Å². The molecule has 6 nitrogen and oxygen atoms in total. The average molecular weight is 346 g/mol. The van der Waals surface area contributed by atoms with Gasteiger partial charge in [-0.15, -0.1) is 0 Å². The Morgan fingerprint density at radius 1 is 1.21 bits per heavy atom. The number of methoxy groups -OCH3 is 2. The molecule has 1 amide bonds.